The lowest BCUT2D eigenvalue weighted by atomic mass is 9.95. The van der Waals surface area contributed by atoms with Crippen LogP contribution in [0.5, 0.6) is 0 Å². The largest absolute Gasteiger partial charge is 0.349 e. The van der Waals surface area contributed by atoms with Crippen molar-refractivity contribution in [2.45, 2.75) is 65.5 Å². The van der Waals surface area contributed by atoms with Gasteiger partial charge in [-0.05, 0) is 42.4 Å². The predicted octanol–water partition coefficient (Wildman–Crippen LogP) is 4.36. The van der Waals surface area contributed by atoms with Crippen molar-refractivity contribution in [3.8, 4) is 0 Å². The summed E-state index contributed by atoms with van der Waals surface area (Å²) in [6.45, 7) is 9.16. The molecule has 1 N–H and O–H groups in total. The van der Waals surface area contributed by atoms with Crippen LogP contribution in [0.25, 0.3) is 0 Å². The van der Waals surface area contributed by atoms with E-state index in [1.54, 1.807) is 0 Å². The molecule has 2 atom stereocenters. The molecule has 0 spiro atoms. The van der Waals surface area contributed by atoms with Crippen LogP contribution in [0.3, 0.4) is 0 Å². The second-order valence-electron chi connectivity index (χ2n) is 6.54. The van der Waals surface area contributed by atoms with Crippen molar-refractivity contribution < 1.29 is 4.79 Å². The van der Waals surface area contributed by atoms with E-state index >= 15 is 0 Å². The van der Waals surface area contributed by atoms with E-state index in [0.717, 1.165) is 18.4 Å². The zero-order chi connectivity index (χ0) is 17.5. The van der Waals surface area contributed by atoms with Crippen LogP contribution < -0.4 is 5.32 Å². The molecule has 0 saturated carbocycles. The molecule has 4 nitrogen and oxygen atoms in total. The highest BCUT2D eigenvalue weighted by molar-refractivity contribution is 5.76. The molecule has 0 radical (unpaired) electrons. The van der Waals surface area contributed by atoms with E-state index in [1.807, 2.05) is 24.0 Å². The number of nitrogens with zero attached hydrogens (tertiary/aromatic N) is 2. The Balaban J connectivity index is 1.91. The second-order valence-corrected chi connectivity index (χ2v) is 6.54. The Hall–Kier alpha value is -2.10. The first-order valence-corrected chi connectivity index (χ1v) is 8.91. The zero-order valence-electron chi connectivity index (χ0n) is 15.2. The van der Waals surface area contributed by atoms with Crippen molar-refractivity contribution in [2.24, 2.45) is 0 Å². The Morgan fingerprint density at radius 3 is 2.38 bits per heavy atom. The molecular weight excluding hydrogens is 298 g/mol. The Kier molecular flexibility index (Phi) is 6.59. The van der Waals surface area contributed by atoms with Gasteiger partial charge >= 0.3 is 0 Å². The Morgan fingerprint density at radius 2 is 1.83 bits per heavy atom. The summed E-state index contributed by atoms with van der Waals surface area (Å²) in [5.41, 5.74) is 3.65. The standard InChI is InChI=1S/C20H29N3O/c1-5-16(4)17-7-9-18(10-8-17)19(6-2)22-20(24)11-12-23-14-15(3)13-21-23/h7-10,13-14,16,19H,5-6,11-12H2,1-4H3,(H,22,24). The van der Waals surface area contributed by atoms with E-state index in [0.29, 0.717) is 18.9 Å². The maximum atomic E-state index is 12.2. The molecule has 1 heterocycles. The second kappa shape index (κ2) is 8.67. The van der Waals surface area contributed by atoms with Gasteiger partial charge in [-0.25, -0.2) is 0 Å². The minimum atomic E-state index is 0.0704. The average molecular weight is 327 g/mol. The number of benzene rings is 1. The minimum absolute atomic E-state index is 0.0704. The maximum absolute atomic E-state index is 12.2. The molecule has 2 unspecified atom stereocenters. The molecule has 2 aromatic rings. The molecule has 0 aliphatic carbocycles. The molecule has 130 valence electrons. The molecule has 0 bridgehead atoms. The highest BCUT2D eigenvalue weighted by Gasteiger charge is 2.13. The molecule has 0 aliphatic rings. The number of carbonyl (C=O) groups excluding carboxylic acids is 1. The number of amides is 1. The van der Waals surface area contributed by atoms with Crippen LogP contribution in [0.2, 0.25) is 0 Å². The van der Waals surface area contributed by atoms with Crippen LogP contribution in [0.15, 0.2) is 36.7 Å². The third-order valence-electron chi connectivity index (χ3n) is 4.59. The summed E-state index contributed by atoms with van der Waals surface area (Å²) in [7, 11) is 0. The van der Waals surface area contributed by atoms with Crippen LogP contribution in [-0.2, 0) is 11.3 Å². The normalized spacial score (nSPS) is 13.5. The maximum Gasteiger partial charge on any atom is 0.222 e. The van der Waals surface area contributed by atoms with Gasteiger partial charge in [0.1, 0.15) is 0 Å². The summed E-state index contributed by atoms with van der Waals surface area (Å²) in [6.07, 6.45) is 6.24. The van der Waals surface area contributed by atoms with Crippen LogP contribution in [0.4, 0.5) is 0 Å². The topological polar surface area (TPSA) is 46.9 Å². The fourth-order valence-electron chi connectivity index (χ4n) is 2.79. The molecule has 4 heteroatoms. The minimum Gasteiger partial charge on any atom is -0.349 e. The molecule has 0 fully saturated rings. The van der Waals surface area contributed by atoms with Gasteiger partial charge in [-0.15, -0.1) is 0 Å². The molecule has 1 aromatic carbocycles. The van der Waals surface area contributed by atoms with Gasteiger partial charge in [0.25, 0.3) is 0 Å². The number of carbonyl (C=O) groups is 1. The molecule has 0 aliphatic heterocycles. The lowest BCUT2D eigenvalue weighted by Crippen LogP contribution is -2.29. The summed E-state index contributed by atoms with van der Waals surface area (Å²) in [5.74, 6) is 0.646. The third kappa shape index (κ3) is 4.95. The number of hydrogen-bond acceptors (Lipinski definition) is 2. The van der Waals surface area contributed by atoms with Crippen molar-refractivity contribution in [3.63, 3.8) is 0 Å². The van der Waals surface area contributed by atoms with E-state index in [1.165, 1.54) is 11.1 Å². The quantitative estimate of drug-likeness (QED) is 0.783. The first-order valence-electron chi connectivity index (χ1n) is 8.91. The molecule has 1 amide bonds. The van der Waals surface area contributed by atoms with E-state index < -0.39 is 0 Å². The summed E-state index contributed by atoms with van der Waals surface area (Å²) >= 11 is 0. The SMILES string of the molecule is CCC(C)c1ccc(C(CC)NC(=O)CCn2cc(C)cn2)cc1. The molecule has 24 heavy (non-hydrogen) atoms. The lowest BCUT2D eigenvalue weighted by Gasteiger charge is -2.19. The number of hydrogen-bond donors (Lipinski definition) is 1. The van der Waals surface area contributed by atoms with Gasteiger partial charge in [-0.2, -0.15) is 5.10 Å². The van der Waals surface area contributed by atoms with Crippen molar-refractivity contribution >= 4 is 5.91 Å². The fourth-order valence-corrected chi connectivity index (χ4v) is 2.79. The van der Waals surface area contributed by atoms with E-state index in [-0.39, 0.29) is 11.9 Å². The Labute approximate surface area is 145 Å². The molecule has 1 aromatic heterocycles. The first kappa shape index (κ1) is 18.2. The summed E-state index contributed by atoms with van der Waals surface area (Å²) < 4.78 is 1.82. The number of nitrogens with one attached hydrogen (secondary N) is 1. The van der Waals surface area contributed by atoms with Gasteiger partial charge in [0.05, 0.1) is 12.2 Å². The Morgan fingerprint density at radius 1 is 1.17 bits per heavy atom. The number of rotatable bonds is 8. The van der Waals surface area contributed by atoms with Gasteiger partial charge in [0.15, 0.2) is 0 Å². The smallest absolute Gasteiger partial charge is 0.222 e. The van der Waals surface area contributed by atoms with E-state index in [2.05, 4.69) is 55.5 Å². The summed E-state index contributed by atoms with van der Waals surface area (Å²) in [6, 6.07) is 8.73. The van der Waals surface area contributed by atoms with Crippen molar-refractivity contribution in [2.75, 3.05) is 0 Å². The summed E-state index contributed by atoms with van der Waals surface area (Å²) in [5, 5.41) is 7.36. The van der Waals surface area contributed by atoms with Crippen molar-refractivity contribution in [3.05, 3.63) is 53.3 Å². The van der Waals surface area contributed by atoms with Gasteiger partial charge in [-0.1, -0.05) is 45.0 Å². The highest BCUT2D eigenvalue weighted by atomic mass is 16.1. The number of aryl methyl sites for hydroxylation is 2. The molecular formula is C20H29N3O. The van der Waals surface area contributed by atoms with Crippen LogP contribution in [-0.4, -0.2) is 15.7 Å². The number of aromatic nitrogens is 2. The van der Waals surface area contributed by atoms with Gasteiger partial charge < -0.3 is 5.32 Å². The van der Waals surface area contributed by atoms with E-state index in [9.17, 15) is 4.79 Å². The predicted molar refractivity (Wildman–Crippen MR) is 97.9 cm³/mol. The van der Waals surface area contributed by atoms with Crippen molar-refractivity contribution in [1.29, 1.82) is 0 Å². The highest BCUT2D eigenvalue weighted by Crippen LogP contribution is 2.22. The average Bonchev–Trinajstić information content (AvgIpc) is 3.02. The van der Waals surface area contributed by atoms with E-state index in [4.69, 9.17) is 0 Å². The monoisotopic (exact) mass is 327 g/mol. The fraction of sp³-hybridized carbons (Fsp3) is 0.500. The van der Waals surface area contributed by atoms with Crippen LogP contribution in [0, 0.1) is 6.92 Å². The Bertz CT molecular complexity index is 645. The molecule has 0 saturated heterocycles. The first-order chi connectivity index (χ1) is 11.5. The summed E-state index contributed by atoms with van der Waals surface area (Å²) in [4.78, 5) is 12.2. The van der Waals surface area contributed by atoms with Gasteiger partial charge in [0, 0.05) is 19.2 Å². The van der Waals surface area contributed by atoms with Gasteiger partial charge in [-0.3, -0.25) is 9.48 Å². The van der Waals surface area contributed by atoms with Crippen molar-refractivity contribution in [1.82, 2.24) is 15.1 Å². The lowest BCUT2D eigenvalue weighted by molar-refractivity contribution is -0.122. The van der Waals surface area contributed by atoms with Crippen LogP contribution in [0.1, 0.15) is 68.7 Å². The van der Waals surface area contributed by atoms with Crippen LogP contribution >= 0.6 is 0 Å². The third-order valence-corrected chi connectivity index (χ3v) is 4.59. The zero-order valence-corrected chi connectivity index (χ0v) is 15.2. The molecule has 2 rings (SSSR count). The van der Waals surface area contributed by atoms with Gasteiger partial charge in [0.2, 0.25) is 5.91 Å².